The van der Waals surface area contributed by atoms with Crippen LogP contribution in [-0.4, -0.2) is 73.0 Å². The lowest BCUT2D eigenvalue weighted by Gasteiger charge is -2.27. The number of benzene rings is 2. The van der Waals surface area contributed by atoms with Crippen molar-refractivity contribution in [1.82, 2.24) is 29.7 Å². The predicted molar refractivity (Wildman–Crippen MR) is 183 cm³/mol. The second-order valence-electron chi connectivity index (χ2n) is 14.8. The largest absolute Gasteiger partial charge is 0.453 e. The predicted octanol–water partition coefficient (Wildman–Crippen LogP) is 8.01. The van der Waals surface area contributed by atoms with Crippen LogP contribution in [0.2, 0.25) is 0 Å². The molecular formula is C37H44N6O6. The van der Waals surface area contributed by atoms with Crippen LogP contribution in [0.5, 0.6) is 11.5 Å². The van der Waals surface area contributed by atoms with Crippen LogP contribution in [0.3, 0.4) is 0 Å². The number of aromatic amines is 2. The Bertz CT molecular complexity index is 1850. The summed E-state index contributed by atoms with van der Waals surface area (Å²) < 4.78 is 23.3. The van der Waals surface area contributed by atoms with Crippen molar-refractivity contribution in [3.05, 3.63) is 60.4 Å². The Labute approximate surface area is 286 Å². The Hall–Kier alpha value is -5.00. The summed E-state index contributed by atoms with van der Waals surface area (Å²) in [6.45, 7) is 12.6. The summed E-state index contributed by atoms with van der Waals surface area (Å²) in [6, 6.07) is 11.8. The number of amides is 2. The van der Waals surface area contributed by atoms with Crippen LogP contribution in [0.25, 0.3) is 33.6 Å². The van der Waals surface area contributed by atoms with Crippen molar-refractivity contribution in [1.29, 1.82) is 0 Å². The SMILES string of the molecule is CC(C)(C)OC(=O)N1CCC[C@H]1c1nc(-c2ccc(-c3ccc(-c4c[nH]c([C@@H]5CCCN5C(=O)OC(C)(C)C)n4)c4c3OCO4)cc2)c[nH]1. The molecule has 5 heterocycles. The summed E-state index contributed by atoms with van der Waals surface area (Å²) in [6.07, 6.45) is 6.52. The zero-order chi connectivity index (χ0) is 34.5. The van der Waals surface area contributed by atoms with Gasteiger partial charge in [-0.1, -0.05) is 24.3 Å². The number of imidazole rings is 2. The van der Waals surface area contributed by atoms with Crippen molar-refractivity contribution in [2.75, 3.05) is 19.9 Å². The molecular weight excluding hydrogens is 624 g/mol. The van der Waals surface area contributed by atoms with E-state index in [2.05, 4.69) is 9.97 Å². The standard InChI is InChI=1S/C37H44N6O6/c1-36(2,3)48-34(44)42-17-7-9-28(42)32-38-19-26(40-32)23-13-11-22(12-14-23)24-15-16-25(31-30(24)46-21-47-31)27-20-39-33(41-27)29-10-8-18-43(29)35(45)49-37(4,5)6/h11-16,19-20,28-29H,7-10,17-18,21H2,1-6H3,(H,38,40)(H,39,41)/t28-,29-/m0/s1. The first-order valence-corrected chi connectivity index (χ1v) is 17.0. The highest BCUT2D eigenvalue weighted by molar-refractivity contribution is 5.83. The monoisotopic (exact) mass is 668 g/mol. The van der Waals surface area contributed by atoms with Crippen LogP contribution in [0.1, 0.15) is 91.0 Å². The van der Waals surface area contributed by atoms with Crippen molar-refractivity contribution in [2.24, 2.45) is 0 Å². The minimum absolute atomic E-state index is 0.112. The highest BCUT2D eigenvalue weighted by Gasteiger charge is 2.36. The van der Waals surface area contributed by atoms with Crippen molar-refractivity contribution in [3.8, 4) is 45.1 Å². The minimum Gasteiger partial charge on any atom is -0.453 e. The number of hydrogen-bond acceptors (Lipinski definition) is 8. The van der Waals surface area contributed by atoms with Gasteiger partial charge in [-0.15, -0.1) is 0 Å². The van der Waals surface area contributed by atoms with Crippen LogP contribution in [-0.2, 0) is 9.47 Å². The highest BCUT2D eigenvalue weighted by atomic mass is 16.7. The zero-order valence-electron chi connectivity index (χ0n) is 29.0. The molecule has 2 saturated heterocycles. The van der Waals surface area contributed by atoms with Gasteiger partial charge in [0.1, 0.15) is 22.9 Å². The van der Waals surface area contributed by atoms with Crippen LogP contribution in [0.4, 0.5) is 9.59 Å². The number of carbonyl (C=O) groups excluding carboxylic acids is 2. The van der Waals surface area contributed by atoms with Gasteiger partial charge in [0.05, 0.1) is 23.5 Å². The van der Waals surface area contributed by atoms with Crippen LogP contribution in [0.15, 0.2) is 48.8 Å². The Balaban J connectivity index is 1.08. The van der Waals surface area contributed by atoms with E-state index in [4.69, 9.17) is 28.9 Å². The smallest absolute Gasteiger partial charge is 0.410 e. The molecule has 2 aromatic carbocycles. The molecule has 7 rings (SSSR count). The number of nitrogens with one attached hydrogen (secondary N) is 2. The highest BCUT2D eigenvalue weighted by Crippen LogP contribution is 2.48. The molecule has 49 heavy (non-hydrogen) atoms. The van der Waals surface area contributed by atoms with Gasteiger partial charge in [0, 0.05) is 42.2 Å². The third kappa shape index (κ3) is 6.68. The quantitative estimate of drug-likeness (QED) is 0.218. The lowest BCUT2D eigenvalue weighted by Crippen LogP contribution is -2.36. The summed E-state index contributed by atoms with van der Waals surface area (Å²) in [7, 11) is 0. The van der Waals surface area contributed by atoms with Crippen molar-refractivity contribution >= 4 is 12.2 Å². The fraction of sp³-hybridized carbons (Fsp3) is 0.459. The normalized spacial score (nSPS) is 19.1. The molecule has 12 heteroatoms. The van der Waals surface area contributed by atoms with Gasteiger partial charge in [-0.25, -0.2) is 19.6 Å². The number of fused-ring (bicyclic) bond motifs is 1. The molecule has 0 spiro atoms. The van der Waals surface area contributed by atoms with Gasteiger partial charge >= 0.3 is 12.2 Å². The third-order valence-electron chi connectivity index (χ3n) is 8.87. The molecule has 0 saturated carbocycles. The number of nitrogens with zero attached hydrogens (tertiary/aromatic N) is 4. The number of hydrogen-bond donors (Lipinski definition) is 2. The fourth-order valence-corrected chi connectivity index (χ4v) is 6.73. The molecule has 0 radical (unpaired) electrons. The molecule has 2 fully saturated rings. The van der Waals surface area contributed by atoms with Gasteiger partial charge in [-0.05, 0) is 84.9 Å². The second-order valence-corrected chi connectivity index (χ2v) is 14.8. The molecule has 2 N–H and O–H groups in total. The lowest BCUT2D eigenvalue weighted by atomic mass is 9.99. The van der Waals surface area contributed by atoms with E-state index in [0.29, 0.717) is 24.6 Å². The topological polar surface area (TPSA) is 135 Å². The van der Waals surface area contributed by atoms with Gasteiger partial charge in [-0.3, -0.25) is 9.80 Å². The maximum Gasteiger partial charge on any atom is 0.410 e. The van der Waals surface area contributed by atoms with Gasteiger partial charge in [0.15, 0.2) is 11.5 Å². The van der Waals surface area contributed by atoms with E-state index in [1.165, 1.54) is 0 Å². The van der Waals surface area contributed by atoms with Gasteiger partial charge < -0.3 is 28.9 Å². The molecule has 2 atom stereocenters. The number of carbonyl (C=O) groups is 2. The third-order valence-corrected chi connectivity index (χ3v) is 8.87. The van der Waals surface area contributed by atoms with Crippen LogP contribution < -0.4 is 9.47 Å². The van der Waals surface area contributed by atoms with E-state index in [-0.39, 0.29) is 31.1 Å². The number of aromatic nitrogens is 4. The first-order chi connectivity index (χ1) is 23.3. The summed E-state index contributed by atoms with van der Waals surface area (Å²) >= 11 is 0. The maximum atomic E-state index is 12.9. The first kappa shape index (κ1) is 32.5. The molecule has 2 amide bonds. The van der Waals surface area contributed by atoms with Crippen molar-refractivity contribution in [3.63, 3.8) is 0 Å². The molecule has 3 aliphatic heterocycles. The number of H-pyrrole nitrogens is 2. The summed E-state index contributed by atoms with van der Waals surface area (Å²) in [5.74, 6) is 2.78. The molecule has 0 aliphatic carbocycles. The number of rotatable bonds is 5. The number of likely N-dealkylation sites (tertiary alicyclic amines) is 2. The first-order valence-electron chi connectivity index (χ1n) is 17.0. The molecule has 12 nitrogen and oxygen atoms in total. The van der Waals surface area contributed by atoms with E-state index in [1.807, 2.05) is 90.3 Å². The number of ether oxygens (including phenoxy) is 4. The molecule has 3 aliphatic rings. The van der Waals surface area contributed by atoms with Crippen LogP contribution in [0, 0.1) is 0 Å². The molecule has 258 valence electrons. The Morgan fingerprint density at radius 2 is 1.16 bits per heavy atom. The average Bonchev–Trinajstić information content (AvgIpc) is 3.88. The Kier molecular flexibility index (Phi) is 8.28. The van der Waals surface area contributed by atoms with E-state index < -0.39 is 11.2 Å². The molecule has 0 bridgehead atoms. The maximum absolute atomic E-state index is 12.9. The molecule has 0 unspecified atom stereocenters. The average molecular weight is 669 g/mol. The minimum atomic E-state index is -0.566. The van der Waals surface area contributed by atoms with E-state index in [0.717, 1.165) is 71.0 Å². The Morgan fingerprint density at radius 1 is 0.694 bits per heavy atom. The summed E-state index contributed by atoms with van der Waals surface area (Å²) in [5, 5.41) is 0. The van der Waals surface area contributed by atoms with E-state index in [9.17, 15) is 9.59 Å². The van der Waals surface area contributed by atoms with E-state index >= 15 is 0 Å². The van der Waals surface area contributed by atoms with Gasteiger partial charge in [0.25, 0.3) is 0 Å². The summed E-state index contributed by atoms with van der Waals surface area (Å²) in [5.41, 5.74) is 4.05. The molecule has 4 aromatic rings. The van der Waals surface area contributed by atoms with Crippen molar-refractivity contribution in [2.45, 2.75) is 90.5 Å². The van der Waals surface area contributed by atoms with Gasteiger partial charge in [-0.2, -0.15) is 0 Å². The van der Waals surface area contributed by atoms with Crippen LogP contribution >= 0.6 is 0 Å². The van der Waals surface area contributed by atoms with Gasteiger partial charge in [0.2, 0.25) is 6.79 Å². The molecule has 2 aromatic heterocycles. The van der Waals surface area contributed by atoms with Crippen molar-refractivity contribution < 1.29 is 28.5 Å². The Morgan fingerprint density at radius 3 is 1.71 bits per heavy atom. The zero-order valence-corrected chi connectivity index (χ0v) is 29.0. The lowest BCUT2D eigenvalue weighted by molar-refractivity contribution is 0.0208. The van der Waals surface area contributed by atoms with E-state index in [1.54, 1.807) is 9.80 Å². The second kappa shape index (κ2) is 12.5. The summed E-state index contributed by atoms with van der Waals surface area (Å²) in [4.78, 5) is 45.6. The fourth-order valence-electron chi connectivity index (χ4n) is 6.73.